The molecular formula is C14H15ClN2OS. The molecule has 1 heterocycles. The van der Waals surface area contributed by atoms with Gasteiger partial charge in [0.1, 0.15) is 0 Å². The van der Waals surface area contributed by atoms with Crippen LogP contribution in [0.3, 0.4) is 0 Å². The van der Waals surface area contributed by atoms with E-state index in [1.165, 1.54) is 5.56 Å². The second-order valence-electron chi connectivity index (χ2n) is 4.22. The molecule has 3 nitrogen and oxygen atoms in total. The van der Waals surface area contributed by atoms with Gasteiger partial charge in [-0.2, -0.15) is 11.3 Å². The van der Waals surface area contributed by atoms with Crippen LogP contribution in [-0.2, 0) is 4.79 Å². The summed E-state index contributed by atoms with van der Waals surface area (Å²) in [5.41, 5.74) is 1.91. The number of carbonyl (C=O) groups excluding carboxylic acids is 1. The van der Waals surface area contributed by atoms with Crippen LogP contribution in [0.15, 0.2) is 41.1 Å². The maximum Gasteiger partial charge on any atom is 0.238 e. The molecule has 5 heteroatoms. The van der Waals surface area contributed by atoms with E-state index in [0.29, 0.717) is 10.7 Å². The van der Waals surface area contributed by atoms with Gasteiger partial charge in [-0.05, 0) is 47.5 Å². The molecule has 1 amide bonds. The lowest BCUT2D eigenvalue weighted by Crippen LogP contribution is -2.29. The molecule has 100 valence electrons. The van der Waals surface area contributed by atoms with Gasteiger partial charge in [0.25, 0.3) is 0 Å². The molecule has 0 saturated carbocycles. The number of carbonyl (C=O) groups is 1. The van der Waals surface area contributed by atoms with Crippen LogP contribution in [0, 0.1) is 0 Å². The van der Waals surface area contributed by atoms with E-state index in [4.69, 9.17) is 11.6 Å². The number of halogens is 1. The fraction of sp³-hybridized carbons (Fsp3) is 0.214. The van der Waals surface area contributed by atoms with Crippen molar-refractivity contribution >= 4 is 34.5 Å². The minimum absolute atomic E-state index is 0.0793. The van der Waals surface area contributed by atoms with Crippen LogP contribution < -0.4 is 10.6 Å². The van der Waals surface area contributed by atoms with Gasteiger partial charge >= 0.3 is 0 Å². The number of thiophene rings is 1. The molecule has 0 fully saturated rings. The number of hydrogen-bond donors (Lipinski definition) is 2. The smallest absolute Gasteiger partial charge is 0.238 e. The van der Waals surface area contributed by atoms with Crippen molar-refractivity contribution in [1.82, 2.24) is 5.32 Å². The predicted molar refractivity (Wildman–Crippen MR) is 80.8 cm³/mol. The summed E-state index contributed by atoms with van der Waals surface area (Å²) >= 11 is 7.51. The van der Waals surface area contributed by atoms with E-state index in [1.54, 1.807) is 29.5 Å². The van der Waals surface area contributed by atoms with Gasteiger partial charge in [-0.3, -0.25) is 4.79 Å². The number of anilines is 1. The lowest BCUT2D eigenvalue weighted by atomic mass is 10.2. The average molecular weight is 295 g/mol. The summed E-state index contributed by atoms with van der Waals surface area (Å²) in [5, 5.41) is 10.7. The van der Waals surface area contributed by atoms with Gasteiger partial charge in [-0.1, -0.05) is 17.7 Å². The van der Waals surface area contributed by atoms with Crippen LogP contribution >= 0.6 is 22.9 Å². The zero-order chi connectivity index (χ0) is 13.7. The Labute approximate surface area is 121 Å². The van der Waals surface area contributed by atoms with E-state index in [2.05, 4.69) is 22.1 Å². The summed E-state index contributed by atoms with van der Waals surface area (Å²) in [6.45, 7) is 2.30. The Balaban J connectivity index is 1.82. The largest absolute Gasteiger partial charge is 0.325 e. The molecule has 0 bridgehead atoms. The van der Waals surface area contributed by atoms with Crippen LogP contribution in [-0.4, -0.2) is 12.5 Å². The van der Waals surface area contributed by atoms with Crippen molar-refractivity contribution in [2.24, 2.45) is 0 Å². The van der Waals surface area contributed by atoms with Crippen LogP contribution in [0.4, 0.5) is 5.69 Å². The highest BCUT2D eigenvalue weighted by molar-refractivity contribution is 7.07. The lowest BCUT2D eigenvalue weighted by molar-refractivity contribution is -0.115. The third kappa shape index (κ3) is 4.35. The van der Waals surface area contributed by atoms with Crippen molar-refractivity contribution < 1.29 is 4.79 Å². The molecule has 0 aliphatic heterocycles. The minimum Gasteiger partial charge on any atom is -0.325 e. The molecule has 0 radical (unpaired) electrons. The highest BCUT2D eigenvalue weighted by Gasteiger charge is 2.08. The van der Waals surface area contributed by atoms with Crippen molar-refractivity contribution in [1.29, 1.82) is 0 Å². The van der Waals surface area contributed by atoms with Gasteiger partial charge in [-0.25, -0.2) is 0 Å². The summed E-state index contributed by atoms with van der Waals surface area (Å²) in [5.74, 6) is -0.0793. The highest BCUT2D eigenvalue weighted by atomic mass is 35.5. The van der Waals surface area contributed by atoms with Crippen LogP contribution in [0.25, 0.3) is 0 Å². The van der Waals surface area contributed by atoms with Crippen molar-refractivity contribution in [2.45, 2.75) is 13.0 Å². The van der Waals surface area contributed by atoms with Crippen molar-refractivity contribution in [3.63, 3.8) is 0 Å². The molecule has 2 aromatic rings. The maximum atomic E-state index is 11.8. The highest BCUT2D eigenvalue weighted by Crippen LogP contribution is 2.16. The molecule has 1 atom stereocenters. The molecule has 19 heavy (non-hydrogen) atoms. The summed E-state index contributed by atoms with van der Waals surface area (Å²) in [4.78, 5) is 11.8. The first-order chi connectivity index (χ1) is 9.15. The predicted octanol–water partition coefficient (Wildman–Crippen LogP) is 3.69. The topological polar surface area (TPSA) is 41.1 Å². The average Bonchev–Trinajstić information content (AvgIpc) is 2.90. The zero-order valence-corrected chi connectivity index (χ0v) is 12.1. The number of hydrogen-bond acceptors (Lipinski definition) is 3. The fourth-order valence-electron chi connectivity index (χ4n) is 1.66. The lowest BCUT2D eigenvalue weighted by Gasteiger charge is -2.12. The Morgan fingerprint density at radius 1 is 1.42 bits per heavy atom. The monoisotopic (exact) mass is 294 g/mol. The maximum absolute atomic E-state index is 11.8. The molecule has 0 spiro atoms. The van der Waals surface area contributed by atoms with E-state index in [-0.39, 0.29) is 18.5 Å². The van der Waals surface area contributed by atoms with E-state index in [1.807, 2.05) is 18.4 Å². The SMILES string of the molecule is CC(NCC(=O)Nc1cccc(Cl)c1)c1ccsc1. The van der Waals surface area contributed by atoms with Crippen molar-refractivity contribution in [2.75, 3.05) is 11.9 Å². The molecule has 0 aliphatic carbocycles. The summed E-state index contributed by atoms with van der Waals surface area (Å²) in [6.07, 6.45) is 0. The Morgan fingerprint density at radius 3 is 2.95 bits per heavy atom. The Bertz CT molecular complexity index is 542. The second kappa shape index (κ2) is 6.70. The molecule has 1 unspecified atom stereocenters. The van der Waals surface area contributed by atoms with E-state index >= 15 is 0 Å². The Kier molecular flexibility index (Phi) is 4.96. The first kappa shape index (κ1) is 14.1. The second-order valence-corrected chi connectivity index (χ2v) is 5.43. The minimum atomic E-state index is -0.0793. The van der Waals surface area contributed by atoms with E-state index in [0.717, 1.165) is 0 Å². The number of benzene rings is 1. The van der Waals surface area contributed by atoms with Gasteiger partial charge in [0.15, 0.2) is 0 Å². The number of nitrogens with one attached hydrogen (secondary N) is 2. The van der Waals surface area contributed by atoms with Crippen molar-refractivity contribution in [3.05, 3.63) is 51.7 Å². The van der Waals surface area contributed by atoms with Crippen LogP contribution in [0.2, 0.25) is 5.02 Å². The third-order valence-electron chi connectivity index (χ3n) is 2.72. The molecule has 0 aliphatic rings. The first-order valence-electron chi connectivity index (χ1n) is 5.96. The van der Waals surface area contributed by atoms with Crippen molar-refractivity contribution in [3.8, 4) is 0 Å². The van der Waals surface area contributed by atoms with Gasteiger partial charge in [-0.15, -0.1) is 0 Å². The van der Waals surface area contributed by atoms with E-state index in [9.17, 15) is 4.79 Å². The molecule has 2 rings (SSSR count). The van der Waals surface area contributed by atoms with Gasteiger partial charge in [0.2, 0.25) is 5.91 Å². The Morgan fingerprint density at radius 2 is 2.26 bits per heavy atom. The number of rotatable bonds is 5. The molecule has 0 saturated heterocycles. The molecule has 1 aromatic heterocycles. The normalized spacial score (nSPS) is 12.1. The van der Waals surface area contributed by atoms with Gasteiger partial charge in [0.05, 0.1) is 6.54 Å². The van der Waals surface area contributed by atoms with Crippen LogP contribution in [0.1, 0.15) is 18.5 Å². The number of amides is 1. The Hall–Kier alpha value is -1.36. The molecule has 2 N–H and O–H groups in total. The summed E-state index contributed by atoms with van der Waals surface area (Å²) in [6, 6.07) is 9.33. The van der Waals surface area contributed by atoms with Crippen LogP contribution in [0.5, 0.6) is 0 Å². The quantitative estimate of drug-likeness (QED) is 0.883. The summed E-state index contributed by atoms with van der Waals surface area (Å²) < 4.78 is 0. The first-order valence-corrected chi connectivity index (χ1v) is 7.28. The zero-order valence-electron chi connectivity index (χ0n) is 10.5. The molecule has 1 aromatic carbocycles. The summed E-state index contributed by atoms with van der Waals surface area (Å²) in [7, 11) is 0. The third-order valence-corrected chi connectivity index (χ3v) is 3.66. The van der Waals surface area contributed by atoms with Gasteiger partial charge in [0, 0.05) is 16.8 Å². The van der Waals surface area contributed by atoms with Gasteiger partial charge < -0.3 is 10.6 Å². The molecular weight excluding hydrogens is 280 g/mol. The van der Waals surface area contributed by atoms with E-state index < -0.39 is 0 Å². The standard InChI is InChI=1S/C14H15ClN2OS/c1-10(11-5-6-19-9-11)16-8-14(18)17-13-4-2-3-12(15)7-13/h2-7,9-10,16H,8H2,1H3,(H,17,18). The fourth-order valence-corrected chi connectivity index (χ4v) is 2.60.